The lowest BCUT2D eigenvalue weighted by Crippen LogP contribution is -2.60. The number of anilines is 6. The Bertz CT molecular complexity index is 3310. The summed E-state index contributed by atoms with van der Waals surface area (Å²) in [4.78, 5) is 5.46. The van der Waals surface area contributed by atoms with E-state index in [1.807, 2.05) is 0 Å². The van der Waals surface area contributed by atoms with Crippen LogP contribution in [0.15, 0.2) is 109 Å². The molecule has 69 heavy (non-hydrogen) atoms. The molecule has 0 saturated heterocycles. The van der Waals surface area contributed by atoms with Crippen molar-refractivity contribution in [1.29, 1.82) is 0 Å². The molecule has 3 aliphatic carbocycles. The molecular weight excluding hydrogens is 852 g/mol. The summed E-state index contributed by atoms with van der Waals surface area (Å²) in [6, 6.07) is 44.2. The summed E-state index contributed by atoms with van der Waals surface area (Å²) >= 11 is 2.08. The third-order valence-corrected chi connectivity index (χ3v) is 19.3. The van der Waals surface area contributed by atoms with Crippen LogP contribution in [0.4, 0.5) is 34.1 Å². The topological polar surface area (TPSA) is 6.48 Å². The largest absolute Gasteiger partial charge is 0.311 e. The van der Waals surface area contributed by atoms with E-state index in [2.05, 4.69) is 234 Å². The summed E-state index contributed by atoms with van der Waals surface area (Å²) in [5.41, 5.74) is 24.0. The minimum atomic E-state index is -0.115. The molecule has 5 aliphatic rings. The Balaban J connectivity index is 1.23. The third-order valence-electron chi connectivity index (χ3n) is 18.1. The highest BCUT2D eigenvalue weighted by atomic mass is 32.1. The average molecular weight is 925 g/mol. The van der Waals surface area contributed by atoms with Gasteiger partial charge in [0.25, 0.3) is 6.71 Å². The van der Waals surface area contributed by atoms with E-state index in [4.69, 9.17) is 0 Å². The molecule has 1 saturated carbocycles. The number of hydrogen-bond donors (Lipinski definition) is 0. The van der Waals surface area contributed by atoms with Gasteiger partial charge < -0.3 is 9.80 Å². The second-order valence-electron chi connectivity index (χ2n) is 27.2. The maximum absolute atomic E-state index is 2.78. The minimum absolute atomic E-state index is 0.00874. The lowest BCUT2D eigenvalue weighted by Gasteiger charge is -2.46. The first-order valence-electron chi connectivity index (χ1n) is 26.2. The maximum atomic E-state index is 2.78. The summed E-state index contributed by atoms with van der Waals surface area (Å²) in [7, 11) is 0. The molecule has 2 bridgehead atoms. The van der Waals surface area contributed by atoms with Gasteiger partial charge in [-0.25, -0.2) is 0 Å². The molecule has 2 unspecified atom stereocenters. The van der Waals surface area contributed by atoms with E-state index in [9.17, 15) is 0 Å². The van der Waals surface area contributed by atoms with Gasteiger partial charge in [-0.05, 0) is 180 Å². The molecule has 6 aromatic carbocycles. The summed E-state index contributed by atoms with van der Waals surface area (Å²) in [5.74, 6) is 0. The quantitative estimate of drug-likeness (QED) is 0.163. The molecule has 0 spiro atoms. The Morgan fingerprint density at radius 3 is 1.71 bits per heavy atom. The molecule has 2 atom stereocenters. The molecule has 0 N–H and O–H groups in total. The number of rotatable bonds is 3. The Hall–Kier alpha value is -5.06. The van der Waals surface area contributed by atoms with Crippen molar-refractivity contribution < 1.29 is 0 Å². The highest BCUT2D eigenvalue weighted by Gasteiger charge is 2.54. The van der Waals surface area contributed by atoms with E-state index < -0.39 is 0 Å². The maximum Gasteiger partial charge on any atom is 0.264 e. The van der Waals surface area contributed by atoms with Crippen LogP contribution in [-0.2, 0) is 37.9 Å². The number of thiophene rings is 1. The second-order valence-corrected chi connectivity index (χ2v) is 28.2. The van der Waals surface area contributed by atoms with Gasteiger partial charge >= 0.3 is 0 Å². The van der Waals surface area contributed by atoms with Gasteiger partial charge in [-0.3, -0.25) is 0 Å². The molecule has 0 amide bonds. The highest BCUT2D eigenvalue weighted by Crippen LogP contribution is 2.62. The van der Waals surface area contributed by atoms with Gasteiger partial charge in [0.1, 0.15) is 0 Å². The first-order chi connectivity index (χ1) is 32.3. The summed E-state index contributed by atoms with van der Waals surface area (Å²) in [5, 5.41) is 1.43. The minimum Gasteiger partial charge on any atom is -0.311 e. The van der Waals surface area contributed by atoms with E-state index in [1.165, 1.54) is 131 Å². The van der Waals surface area contributed by atoms with Crippen LogP contribution in [0.1, 0.15) is 175 Å². The molecule has 2 nitrogen and oxygen atoms in total. The molecule has 3 heterocycles. The first kappa shape index (κ1) is 45.1. The Morgan fingerprint density at radius 2 is 1.07 bits per heavy atom. The predicted octanol–water partition coefficient (Wildman–Crippen LogP) is 16.6. The number of fused-ring (bicyclic) bond motifs is 12. The van der Waals surface area contributed by atoms with Crippen LogP contribution in [0.25, 0.3) is 21.2 Å². The number of benzene rings is 6. The van der Waals surface area contributed by atoms with Crippen molar-refractivity contribution in [2.45, 2.75) is 174 Å². The number of nitrogens with zero attached hydrogens (tertiary/aromatic N) is 2. The van der Waals surface area contributed by atoms with Crippen LogP contribution in [0, 0.1) is 0 Å². The van der Waals surface area contributed by atoms with Crippen LogP contribution in [0.2, 0.25) is 0 Å². The van der Waals surface area contributed by atoms with E-state index in [-0.39, 0.29) is 44.6 Å². The standard InChI is InChI=1S/C65H73BN2S/c1-59(2,3)40-21-25-51(44(31-40)39-19-17-16-18-20-39)68-52-26-22-41(60(4,5)6)32-50(52)66-56-53(33-42(34-54(56)68)61(7,8)9)67(43-23-24-46-47(35-43)63(12,13)28-27-62(46,10)11)57-45-36-48-49(37-55(45)69-58(57)66)65(15)30-29-64(48,14)38-65/h16-26,31-37H,27-30,38H2,1-15H3. The second kappa shape index (κ2) is 14.3. The van der Waals surface area contributed by atoms with Gasteiger partial charge in [0.15, 0.2) is 0 Å². The molecule has 1 aromatic heterocycles. The Kier molecular flexibility index (Phi) is 9.35. The van der Waals surface area contributed by atoms with Crippen molar-refractivity contribution in [2.75, 3.05) is 9.80 Å². The van der Waals surface area contributed by atoms with Crippen molar-refractivity contribution in [3.05, 3.63) is 148 Å². The van der Waals surface area contributed by atoms with Crippen molar-refractivity contribution in [3.8, 4) is 11.1 Å². The molecule has 4 heteroatoms. The van der Waals surface area contributed by atoms with Gasteiger partial charge in [0.2, 0.25) is 0 Å². The van der Waals surface area contributed by atoms with Crippen LogP contribution in [-0.4, -0.2) is 6.71 Å². The fourth-order valence-electron chi connectivity index (χ4n) is 13.8. The van der Waals surface area contributed by atoms with E-state index >= 15 is 0 Å². The van der Waals surface area contributed by atoms with Crippen LogP contribution >= 0.6 is 11.3 Å². The molecular formula is C65H73BN2S. The smallest absolute Gasteiger partial charge is 0.264 e. The van der Waals surface area contributed by atoms with Gasteiger partial charge in [0.05, 0.1) is 11.4 Å². The fourth-order valence-corrected chi connectivity index (χ4v) is 15.1. The van der Waals surface area contributed by atoms with Crippen molar-refractivity contribution in [3.63, 3.8) is 0 Å². The zero-order valence-corrected chi connectivity index (χ0v) is 45.1. The van der Waals surface area contributed by atoms with Gasteiger partial charge in [0, 0.05) is 43.2 Å². The van der Waals surface area contributed by atoms with Crippen molar-refractivity contribution >= 4 is 78.0 Å². The van der Waals surface area contributed by atoms with Gasteiger partial charge in [-0.1, -0.05) is 158 Å². The normalized spacial score (nSPS) is 21.8. The van der Waals surface area contributed by atoms with E-state index in [0.29, 0.717) is 0 Å². The first-order valence-corrected chi connectivity index (χ1v) is 27.0. The average Bonchev–Trinajstić information content (AvgIpc) is 3.90. The van der Waals surface area contributed by atoms with Crippen LogP contribution in [0.5, 0.6) is 0 Å². The Labute approximate surface area is 418 Å². The summed E-state index contributed by atoms with van der Waals surface area (Å²) < 4.78 is 2.91. The molecule has 352 valence electrons. The lowest BCUT2D eigenvalue weighted by molar-refractivity contribution is 0.332. The van der Waals surface area contributed by atoms with Crippen LogP contribution < -0.4 is 25.5 Å². The number of hydrogen-bond acceptors (Lipinski definition) is 3. The third kappa shape index (κ3) is 6.62. The van der Waals surface area contributed by atoms with Gasteiger partial charge in [-0.2, -0.15) is 0 Å². The van der Waals surface area contributed by atoms with Gasteiger partial charge in [-0.15, -0.1) is 11.3 Å². The van der Waals surface area contributed by atoms with Crippen LogP contribution in [0.3, 0.4) is 0 Å². The van der Waals surface area contributed by atoms with E-state index in [0.717, 1.165) is 0 Å². The highest BCUT2D eigenvalue weighted by molar-refractivity contribution is 7.33. The van der Waals surface area contributed by atoms with Crippen molar-refractivity contribution in [2.24, 2.45) is 0 Å². The predicted molar refractivity (Wildman–Crippen MR) is 301 cm³/mol. The van der Waals surface area contributed by atoms with Crippen molar-refractivity contribution in [1.82, 2.24) is 0 Å². The molecule has 0 radical (unpaired) electrons. The SMILES string of the molecule is CC(C)(C)c1ccc2c(c1)B1c3sc4cc5c(cc4c3N(c3ccc4c(c3)C(C)(C)CCC4(C)C)c3cc(C(C)(C)C)cc(c31)N2c1ccc(C(C)(C)C)cc1-c1ccccc1)C1(C)CCC5(C)C1. The monoisotopic (exact) mass is 925 g/mol. The Morgan fingerprint density at radius 1 is 0.493 bits per heavy atom. The molecule has 7 aromatic rings. The summed E-state index contributed by atoms with van der Waals surface area (Å²) in [6.07, 6.45) is 6.21. The van der Waals surface area contributed by atoms with E-state index in [1.54, 1.807) is 11.1 Å². The fraction of sp³-hybridized carbons (Fsp3) is 0.415. The summed E-state index contributed by atoms with van der Waals surface area (Å²) in [6.45, 7) is 36.5. The lowest BCUT2D eigenvalue weighted by atomic mass is 9.36. The molecule has 12 rings (SSSR count). The molecule has 2 aliphatic heterocycles. The zero-order chi connectivity index (χ0) is 48.7. The zero-order valence-electron chi connectivity index (χ0n) is 44.3. The molecule has 1 fully saturated rings.